The van der Waals surface area contributed by atoms with E-state index in [1.807, 2.05) is 12.1 Å². The van der Waals surface area contributed by atoms with Crippen molar-refractivity contribution in [2.75, 3.05) is 5.32 Å². The summed E-state index contributed by atoms with van der Waals surface area (Å²) in [5.74, 6) is 0.400. The molecule has 4 nitrogen and oxygen atoms in total. The molecule has 0 radical (unpaired) electrons. The Hall–Kier alpha value is -2.04. The van der Waals surface area contributed by atoms with E-state index in [1.165, 1.54) is 6.07 Å². The summed E-state index contributed by atoms with van der Waals surface area (Å²) in [6, 6.07) is 10.7. The van der Waals surface area contributed by atoms with Crippen molar-refractivity contribution in [2.45, 2.75) is 18.4 Å². The smallest absolute Gasteiger partial charge is 0.269 e. The lowest BCUT2D eigenvalue weighted by atomic mass is 9.77. The predicted octanol–water partition coefficient (Wildman–Crippen LogP) is 5.73. The molecular weight excluding hydrogens is 347 g/mol. The first-order valence-corrected chi connectivity index (χ1v) is 8.47. The van der Waals surface area contributed by atoms with Gasteiger partial charge in [0.1, 0.15) is 0 Å². The molecule has 0 spiro atoms. The minimum Gasteiger partial charge on any atom is -0.378 e. The van der Waals surface area contributed by atoms with Crippen LogP contribution in [0.1, 0.15) is 29.5 Å². The van der Waals surface area contributed by atoms with Crippen molar-refractivity contribution in [3.8, 4) is 0 Å². The highest BCUT2D eigenvalue weighted by molar-refractivity contribution is 6.42. The number of benzene rings is 2. The van der Waals surface area contributed by atoms with Crippen LogP contribution in [0.25, 0.3) is 0 Å². The molecule has 2 aliphatic rings. The lowest BCUT2D eigenvalue weighted by Crippen LogP contribution is -2.29. The quantitative estimate of drug-likeness (QED) is 0.422. The van der Waals surface area contributed by atoms with Crippen molar-refractivity contribution in [3.05, 3.63) is 79.8 Å². The number of hydrogen-bond donors (Lipinski definition) is 1. The summed E-state index contributed by atoms with van der Waals surface area (Å²) < 4.78 is 0. The monoisotopic (exact) mass is 360 g/mol. The van der Waals surface area contributed by atoms with Crippen molar-refractivity contribution < 1.29 is 4.92 Å². The molecule has 24 heavy (non-hydrogen) atoms. The average molecular weight is 361 g/mol. The van der Waals surface area contributed by atoms with E-state index >= 15 is 0 Å². The fourth-order valence-electron chi connectivity index (χ4n) is 3.76. The molecule has 1 N–H and O–H groups in total. The number of nitro groups is 1. The van der Waals surface area contributed by atoms with Crippen LogP contribution in [0.2, 0.25) is 10.0 Å². The zero-order valence-electron chi connectivity index (χ0n) is 12.6. The summed E-state index contributed by atoms with van der Waals surface area (Å²) in [6.07, 6.45) is 5.17. The molecule has 6 heteroatoms. The van der Waals surface area contributed by atoms with Gasteiger partial charge < -0.3 is 5.32 Å². The Morgan fingerprint density at radius 3 is 2.79 bits per heavy atom. The Morgan fingerprint density at radius 2 is 2.00 bits per heavy atom. The van der Waals surface area contributed by atoms with Gasteiger partial charge in [-0.25, -0.2) is 0 Å². The molecular formula is C18H14Cl2N2O2. The van der Waals surface area contributed by atoms with E-state index in [0.29, 0.717) is 10.0 Å². The zero-order chi connectivity index (χ0) is 16.8. The molecule has 1 aliphatic carbocycles. The number of non-ortho nitro benzene ring substituents is 1. The van der Waals surface area contributed by atoms with Gasteiger partial charge in [0.25, 0.3) is 5.69 Å². The minimum atomic E-state index is -0.353. The number of anilines is 1. The predicted molar refractivity (Wildman–Crippen MR) is 95.9 cm³/mol. The van der Waals surface area contributed by atoms with Gasteiger partial charge >= 0.3 is 0 Å². The van der Waals surface area contributed by atoms with Crippen molar-refractivity contribution in [2.24, 2.45) is 5.92 Å². The van der Waals surface area contributed by atoms with Crippen LogP contribution in [-0.2, 0) is 0 Å². The highest BCUT2D eigenvalue weighted by Crippen LogP contribution is 2.51. The van der Waals surface area contributed by atoms with E-state index in [9.17, 15) is 10.1 Å². The van der Waals surface area contributed by atoms with Crippen LogP contribution in [0, 0.1) is 16.0 Å². The van der Waals surface area contributed by atoms with E-state index in [0.717, 1.165) is 23.2 Å². The molecule has 3 unspecified atom stereocenters. The number of nitro benzene ring substituents is 1. The number of fused-ring (bicyclic) bond motifs is 3. The van der Waals surface area contributed by atoms with Gasteiger partial charge in [0.05, 0.1) is 21.0 Å². The minimum absolute atomic E-state index is 0.0187. The Balaban J connectivity index is 1.81. The van der Waals surface area contributed by atoms with Crippen molar-refractivity contribution in [3.63, 3.8) is 0 Å². The Kier molecular flexibility index (Phi) is 3.74. The normalized spacial score (nSPS) is 24.2. The molecule has 0 fully saturated rings. The standard InChI is InChI=1S/C18H14Cl2N2O2/c19-15-6-2-5-13(17(15)20)18-12-4-1-3-11(12)14-9-10(22(23)24)7-8-16(14)21-18/h1-3,5-9,11-12,18,21H,4H2. The van der Waals surface area contributed by atoms with E-state index in [1.54, 1.807) is 18.2 Å². The summed E-state index contributed by atoms with van der Waals surface area (Å²) >= 11 is 12.6. The molecule has 2 aromatic rings. The van der Waals surface area contributed by atoms with Gasteiger partial charge in [0, 0.05) is 23.7 Å². The van der Waals surface area contributed by atoms with E-state index in [2.05, 4.69) is 17.5 Å². The van der Waals surface area contributed by atoms with Gasteiger partial charge in [0.15, 0.2) is 0 Å². The third-order valence-electron chi connectivity index (χ3n) is 4.87. The van der Waals surface area contributed by atoms with Crippen LogP contribution in [0.15, 0.2) is 48.6 Å². The Labute approximate surface area is 149 Å². The number of rotatable bonds is 2. The summed E-state index contributed by atoms with van der Waals surface area (Å²) in [7, 11) is 0. The fraction of sp³-hybridized carbons (Fsp3) is 0.222. The van der Waals surface area contributed by atoms with Gasteiger partial charge in [-0.3, -0.25) is 10.1 Å². The summed E-state index contributed by atoms with van der Waals surface area (Å²) in [5.41, 5.74) is 2.97. The number of allylic oxidation sites excluding steroid dienone is 2. The second-order valence-corrected chi connectivity index (χ2v) is 6.93. The van der Waals surface area contributed by atoms with Crippen molar-refractivity contribution in [1.29, 1.82) is 0 Å². The van der Waals surface area contributed by atoms with Crippen molar-refractivity contribution in [1.82, 2.24) is 0 Å². The number of nitrogens with zero attached hydrogens (tertiary/aromatic N) is 1. The maximum Gasteiger partial charge on any atom is 0.269 e. The highest BCUT2D eigenvalue weighted by Gasteiger charge is 2.39. The van der Waals surface area contributed by atoms with Gasteiger partial charge in [-0.05, 0) is 35.6 Å². The van der Waals surface area contributed by atoms with Gasteiger partial charge in [-0.2, -0.15) is 0 Å². The first-order chi connectivity index (χ1) is 11.6. The van der Waals surface area contributed by atoms with Crippen LogP contribution in [0.5, 0.6) is 0 Å². The Morgan fingerprint density at radius 1 is 1.17 bits per heavy atom. The number of hydrogen-bond acceptors (Lipinski definition) is 3. The molecule has 1 aliphatic heterocycles. The molecule has 1 heterocycles. The second-order valence-electron chi connectivity index (χ2n) is 6.15. The third kappa shape index (κ3) is 2.38. The van der Waals surface area contributed by atoms with Crippen molar-refractivity contribution >= 4 is 34.6 Å². The molecule has 4 rings (SSSR count). The van der Waals surface area contributed by atoms with Gasteiger partial charge in [-0.1, -0.05) is 47.5 Å². The molecule has 0 aromatic heterocycles. The molecule has 122 valence electrons. The molecule has 0 amide bonds. The van der Waals surface area contributed by atoms with E-state index in [4.69, 9.17) is 23.2 Å². The highest BCUT2D eigenvalue weighted by atomic mass is 35.5. The van der Waals surface area contributed by atoms with Crippen LogP contribution in [-0.4, -0.2) is 4.92 Å². The molecule has 0 saturated carbocycles. The third-order valence-corrected chi connectivity index (χ3v) is 5.71. The van der Waals surface area contributed by atoms with Gasteiger partial charge in [-0.15, -0.1) is 0 Å². The maximum absolute atomic E-state index is 11.1. The first kappa shape index (κ1) is 15.5. The Bertz CT molecular complexity index is 866. The lowest BCUT2D eigenvalue weighted by molar-refractivity contribution is -0.384. The summed E-state index contributed by atoms with van der Waals surface area (Å²) in [5, 5.41) is 15.7. The zero-order valence-corrected chi connectivity index (χ0v) is 14.1. The summed E-state index contributed by atoms with van der Waals surface area (Å²) in [4.78, 5) is 10.7. The maximum atomic E-state index is 11.1. The molecule has 0 saturated heterocycles. The fourth-order valence-corrected chi connectivity index (χ4v) is 4.19. The molecule has 3 atom stereocenters. The van der Waals surface area contributed by atoms with Crippen LogP contribution in [0.3, 0.4) is 0 Å². The van der Waals surface area contributed by atoms with E-state index in [-0.39, 0.29) is 28.5 Å². The SMILES string of the molecule is O=[N+]([O-])c1ccc2c(c1)C1C=CCC1C(c1cccc(Cl)c1Cl)N2. The topological polar surface area (TPSA) is 55.2 Å². The van der Waals surface area contributed by atoms with Crippen LogP contribution < -0.4 is 5.32 Å². The molecule has 0 bridgehead atoms. The lowest BCUT2D eigenvalue weighted by Gasteiger charge is -2.37. The summed E-state index contributed by atoms with van der Waals surface area (Å²) in [6.45, 7) is 0. The largest absolute Gasteiger partial charge is 0.378 e. The first-order valence-electron chi connectivity index (χ1n) is 7.71. The van der Waals surface area contributed by atoms with Gasteiger partial charge in [0.2, 0.25) is 0 Å². The molecule has 2 aromatic carbocycles. The van der Waals surface area contributed by atoms with Crippen LogP contribution >= 0.6 is 23.2 Å². The average Bonchev–Trinajstić information content (AvgIpc) is 3.06. The second kappa shape index (κ2) is 5.80. The number of halogens is 2. The van der Waals surface area contributed by atoms with Crippen LogP contribution in [0.4, 0.5) is 11.4 Å². The number of nitrogens with one attached hydrogen (secondary N) is 1. The van der Waals surface area contributed by atoms with E-state index < -0.39 is 0 Å².